The monoisotopic (exact) mass is 264 g/mol. The first-order valence-corrected chi connectivity index (χ1v) is 6.21. The third-order valence-electron chi connectivity index (χ3n) is 3.40. The largest absolute Gasteiger partial charge is 0.496 e. The minimum atomic E-state index is -0.436. The van der Waals surface area contributed by atoms with E-state index in [1.165, 1.54) is 13.2 Å². The minimum absolute atomic E-state index is 0.0203. The Kier molecular flexibility index (Phi) is 3.99. The van der Waals surface area contributed by atoms with Gasteiger partial charge in [0.05, 0.1) is 24.1 Å². The molecule has 1 unspecified atom stereocenters. The fourth-order valence-corrected chi connectivity index (χ4v) is 2.42. The van der Waals surface area contributed by atoms with Crippen LogP contribution in [0.2, 0.25) is 0 Å². The molecule has 0 N–H and O–H groups in total. The fourth-order valence-electron chi connectivity index (χ4n) is 2.42. The Morgan fingerprint density at radius 1 is 1.47 bits per heavy atom. The summed E-state index contributed by atoms with van der Waals surface area (Å²) in [5.74, 6) is 0.440. The number of hydrogen-bond acceptors (Lipinski definition) is 5. The van der Waals surface area contributed by atoms with E-state index in [2.05, 4.69) is 0 Å². The molecule has 1 atom stereocenters. The molecule has 1 aromatic carbocycles. The fraction of sp³-hybridized carbons (Fsp3) is 0.462. The Bertz CT molecular complexity index is 490. The Balaban J connectivity index is 2.42. The van der Waals surface area contributed by atoms with Crippen LogP contribution in [-0.2, 0) is 4.79 Å². The van der Waals surface area contributed by atoms with Crippen molar-refractivity contribution in [2.75, 3.05) is 18.6 Å². The molecule has 0 saturated carbocycles. The van der Waals surface area contributed by atoms with Crippen molar-refractivity contribution < 1.29 is 14.5 Å². The maximum Gasteiger partial charge on any atom is 0.296 e. The van der Waals surface area contributed by atoms with E-state index < -0.39 is 4.92 Å². The first kappa shape index (κ1) is 13.3. The number of nitro benzene ring substituents is 1. The van der Waals surface area contributed by atoms with Crippen molar-refractivity contribution >= 4 is 17.7 Å². The molecule has 1 fully saturated rings. The number of piperidine rings is 1. The first-order valence-electron chi connectivity index (χ1n) is 6.21. The highest BCUT2D eigenvalue weighted by Crippen LogP contribution is 2.35. The predicted octanol–water partition coefficient (Wildman–Crippen LogP) is 2.16. The number of aldehydes is 1. The Morgan fingerprint density at radius 2 is 2.26 bits per heavy atom. The zero-order valence-electron chi connectivity index (χ0n) is 10.7. The first-order chi connectivity index (χ1) is 9.17. The molecule has 102 valence electrons. The molecule has 0 bridgehead atoms. The Hall–Kier alpha value is -2.11. The van der Waals surface area contributed by atoms with E-state index in [-0.39, 0.29) is 11.7 Å². The Labute approximate surface area is 111 Å². The smallest absolute Gasteiger partial charge is 0.296 e. The second-order valence-electron chi connectivity index (χ2n) is 4.50. The second kappa shape index (κ2) is 5.69. The van der Waals surface area contributed by atoms with Gasteiger partial charge in [-0.2, -0.15) is 0 Å². The number of rotatable bonds is 4. The van der Waals surface area contributed by atoms with Gasteiger partial charge >= 0.3 is 0 Å². The number of nitro groups is 1. The summed E-state index contributed by atoms with van der Waals surface area (Å²) < 4.78 is 5.01. The predicted molar refractivity (Wildman–Crippen MR) is 70.7 cm³/mol. The molecule has 0 aromatic heterocycles. The molecule has 1 heterocycles. The van der Waals surface area contributed by atoms with Gasteiger partial charge in [0.25, 0.3) is 5.69 Å². The van der Waals surface area contributed by atoms with E-state index in [0.717, 1.165) is 25.5 Å². The molecule has 6 nitrogen and oxygen atoms in total. The highest BCUT2D eigenvalue weighted by Gasteiger charge is 2.28. The summed E-state index contributed by atoms with van der Waals surface area (Å²) in [6.07, 6.45) is 3.52. The van der Waals surface area contributed by atoms with Crippen molar-refractivity contribution in [2.45, 2.75) is 25.3 Å². The molecule has 0 amide bonds. The van der Waals surface area contributed by atoms with Gasteiger partial charge in [-0.1, -0.05) is 0 Å². The van der Waals surface area contributed by atoms with Gasteiger partial charge in [-0.15, -0.1) is 0 Å². The van der Waals surface area contributed by atoms with Crippen LogP contribution in [0.15, 0.2) is 18.2 Å². The zero-order valence-corrected chi connectivity index (χ0v) is 10.7. The van der Waals surface area contributed by atoms with Crippen LogP contribution >= 0.6 is 0 Å². The minimum Gasteiger partial charge on any atom is -0.496 e. The number of ether oxygens (including phenoxy) is 1. The number of benzene rings is 1. The molecular weight excluding hydrogens is 248 g/mol. The lowest BCUT2D eigenvalue weighted by Crippen LogP contribution is -2.40. The molecule has 6 heteroatoms. The molecule has 0 radical (unpaired) electrons. The number of hydrogen-bond donors (Lipinski definition) is 0. The molecule has 2 rings (SSSR count). The second-order valence-corrected chi connectivity index (χ2v) is 4.50. The summed E-state index contributed by atoms with van der Waals surface area (Å²) in [6.45, 7) is 0.663. The summed E-state index contributed by atoms with van der Waals surface area (Å²) in [4.78, 5) is 23.7. The van der Waals surface area contributed by atoms with Crippen LogP contribution in [0.3, 0.4) is 0 Å². The summed E-state index contributed by atoms with van der Waals surface area (Å²) in [5.41, 5.74) is 0.468. The molecule has 19 heavy (non-hydrogen) atoms. The number of anilines is 1. The normalized spacial score (nSPS) is 19.0. The van der Waals surface area contributed by atoms with Crippen LogP contribution in [0, 0.1) is 10.1 Å². The van der Waals surface area contributed by atoms with Gasteiger partial charge in [0.15, 0.2) is 0 Å². The van der Waals surface area contributed by atoms with Gasteiger partial charge in [0.2, 0.25) is 0 Å². The van der Waals surface area contributed by atoms with E-state index >= 15 is 0 Å². The van der Waals surface area contributed by atoms with Crippen LogP contribution in [0.4, 0.5) is 11.4 Å². The van der Waals surface area contributed by atoms with Crippen molar-refractivity contribution in [3.8, 4) is 5.75 Å². The van der Waals surface area contributed by atoms with E-state index in [0.29, 0.717) is 18.0 Å². The average Bonchev–Trinajstić information content (AvgIpc) is 2.46. The maximum atomic E-state index is 11.2. The highest BCUT2D eigenvalue weighted by molar-refractivity contribution is 5.73. The van der Waals surface area contributed by atoms with Crippen LogP contribution < -0.4 is 9.64 Å². The van der Waals surface area contributed by atoms with Crippen molar-refractivity contribution in [3.05, 3.63) is 28.3 Å². The number of nitrogens with zero attached hydrogens (tertiary/aromatic N) is 2. The SMILES string of the molecule is COc1ccc(N2CCCCC2C=O)c([N+](=O)[O-])c1. The molecule has 1 aliphatic heterocycles. The third kappa shape index (κ3) is 2.67. The lowest BCUT2D eigenvalue weighted by molar-refractivity contribution is -0.384. The van der Waals surface area contributed by atoms with E-state index in [1.807, 2.05) is 4.90 Å². The quantitative estimate of drug-likeness (QED) is 0.473. The topological polar surface area (TPSA) is 72.7 Å². The summed E-state index contributed by atoms with van der Waals surface area (Å²) >= 11 is 0. The number of carbonyl (C=O) groups is 1. The zero-order chi connectivity index (χ0) is 13.8. The molecule has 1 aliphatic rings. The summed E-state index contributed by atoms with van der Waals surface area (Å²) in [7, 11) is 1.47. The molecule has 1 saturated heterocycles. The van der Waals surface area contributed by atoms with E-state index in [9.17, 15) is 14.9 Å². The van der Waals surface area contributed by atoms with E-state index in [1.54, 1.807) is 12.1 Å². The maximum absolute atomic E-state index is 11.2. The average molecular weight is 264 g/mol. The van der Waals surface area contributed by atoms with Crippen molar-refractivity contribution in [3.63, 3.8) is 0 Å². The van der Waals surface area contributed by atoms with Gasteiger partial charge in [0.1, 0.15) is 17.7 Å². The molecule has 1 aromatic rings. The van der Waals surface area contributed by atoms with Crippen molar-refractivity contribution in [2.24, 2.45) is 0 Å². The highest BCUT2D eigenvalue weighted by atomic mass is 16.6. The van der Waals surface area contributed by atoms with Crippen LogP contribution in [0.1, 0.15) is 19.3 Å². The van der Waals surface area contributed by atoms with Gasteiger partial charge in [-0.3, -0.25) is 10.1 Å². The number of methoxy groups -OCH3 is 1. The van der Waals surface area contributed by atoms with Gasteiger partial charge in [-0.05, 0) is 31.4 Å². The molecule has 0 spiro atoms. The van der Waals surface area contributed by atoms with Crippen LogP contribution in [0.5, 0.6) is 5.75 Å². The molecular formula is C13H16N2O4. The lowest BCUT2D eigenvalue weighted by atomic mass is 10.0. The lowest BCUT2D eigenvalue weighted by Gasteiger charge is -2.33. The van der Waals surface area contributed by atoms with Crippen LogP contribution in [-0.4, -0.2) is 30.9 Å². The summed E-state index contributed by atoms with van der Waals surface area (Å²) in [5, 5.41) is 11.2. The van der Waals surface area contributed by atoms with Gasteiger partial charge in [0, 0.05) is 6.54 Å². The van der Waals surface area contributed by atoms with Crippen LogP contribution in [0.25, 0.3) is 0 Å². The molecule has 0 aliphatic carbocycles. The number of carbonyl (C=O) groups excluding carboxylic acids is 1. The van der Waals surface area contributed by atoms with E-state index in [4.69, 9.17) is 4.74 Å². The van der Waals surface area contributed by atoms with Crippen molar-refractivity contribution in [1.82, 2.24) is 0 Å². The standard InChI is InChI=1S/C13H16N2O4/c1-19-11-5-6-12(13(8-11)15(17)18)14-7-3-2-4-10(14)9-16/h5-6,8-10H,2-4,7H2,1H3. The third-order valence-corrected chi connectivity index (χ3v) is 3.40. The Morgan fingerprint density at radius 3 is 2.89 bits per heavy atom. The summed E-state index contributed by atoms with van der Waals surface area (Å²) in [6, 6.07) is 4.45. The van der Waals surface area contributed by atoms with Gasteiger partial charge < -0.3 is 14.4 Å². The van der Waals surface area contributed by atoms with Crippen molar-refractivity contribution in [1.29, 1.82) is 0 Å². The van der Waals surface area contributed by atoms with Gasteiger partial charge in [-0.25, -0.2) is 0 Å².